The molecule has 0 bridgehead atoms. The van der Waals surface area contributed by atoms with Gasteiger partial charge in [0, 0.05) is 13.2 Å². The van der Waals surface area contributed by atoms with Crippen molar-refractivity contribution in [1.29, 1.82) is 0 Å². The van der Waals surface area contributed by atoms with E-state index in [0.29, 0.717) is 5.56 Å². The van der Waals surface area contributed by atoms with Crippen LogP contribution < -0.4 is 0 Å². The first-order valence-corrected chi connectivity index (χ1v) is 5.67. The number of Topliss-reactive ketones (excluding diaryl/α,β-unsaturated/α-hetero) is 1. The van der Waals surface area contributed by atoms with Gasteiger partial charge in [0.1, 0.15) is 0 Å². The van der Waals surface area contributed by atoms with Crippen molar-refractivity contribution in [2.24, 2.45) is 7.05 Å². The molecule has 0 aliphatic heterocycles. The van der Waals surface area contributed by atoms with Crippen LogP contribution in [0.1, 0.15) is 29.8 Å². The minimum absolute atomic E-state index is 0.0584. The third kappa shape index (κ3) is 4.64. The molecule has 1 aromatic heterocycles. The molecular weight excluding hydrogens is 212 g/mol. The first-order chi connectivity index (χ1) is 8.13. The van der Waals surface area contributed by atoms with Gasteiger partial charge in [-0.25, -0.2) is 0 Å². The Hall–Kier alpha value is -1.90. The number of hydrogen-bond acceptors (Lipinski definition) is 2. The predicted octanol–water partition coefficient (Wildman–Crippen LogP) is 2.87. The Balaban J connectivity index is 0.000000171. The maximum absolute atomic E-state index is 10.6. The zero-order valence-electron chi connectivity index (χ0n) is 10.6. The molecule has 1 heterocycles. The van der Waals surface area contributed by atoms with Gasteiger partial charge in [0.25, 0.3) is 0 Å². The summed E-state index contributed by atoms with van der Waals surface area (Å²) >= 11 is 0. The van der Waals surface area contributed by atoms with Gasteiger partial charge in [-0.2, -0.15) is 5.10 Å². The molecule has 0 aliphatic carbocycles. The molecule has 0 aliphatic rings. The van der Waals surface area contributed by atoms with E-state index >= 15 is 0 Å². The molecule has 17 heavy (non-hydrogen) atoms. The van der Waals surface area contributed by atoms with E-state index in [-0.39, 0.29) is 5.78 Å². The second-order valence-electron chi connectivity index (χ2n) is 3.80. The van der Waals surface area contributed by atoms with Gasteiger partial charge >= 0.3 is 0 Å². The van der Waals surface area contributed by atoms with Gasteiger partial charge in [0.05, 0.1) is 11.8 Å². The SMILES string of the molecule is CC(=O)c1cnn(C)c1.CCc1ccccc1. The first kappa shape index (κ1) is 13.2. The lowest BCUT2D eigenvalue weighted by atomic mass is 10.2. The Kier molecular flexibility index (Phi) is 5.14. The van der Waals surface area contributed by atoms with E-state index in [0.717, 1.165) is 6.42 Å². The highest BCUT2D eigenvalue weighted by Crippen LogP contribution is 1.97. The molecular formula is C14H18N2O. The number of ketones is 1. The summed E-state index contributed by atoms with van der Waals surface area (Å²) < 4.78 is 1.61. The normalized spacial score (nSPS) is 9.35. The number of benzene rings is 1. The molecule has 90 valence electrons. The molecule has 0 saturated heterocycles. The summed E-state index contributed by atoms with van der Waals surface area (Å²) in [6.45, 7) is 3.69. The monoisotopic (exact) mass is 230 g/mol. The van der Waals surface area contributed by atoms with Crippen LogP contribution in [0.15, 0.2) is 42.7 Å². The highest BCUT2D eigenvalue weighted by molar-refractivity contribution is 5.93. The smallest absolute Gasteiger partial charge is 0.162 e. The molecule has 0 N–H and O–H groups in total. The lowest BCUT2D eigenvalue weighted by molar-refractivity contribution is 0.101. The number of rotatable bonds is 2. The zero-order chi connectivity index (χ0) is 12.7. The number of carbonyl (C=O) groups is 1. The quantitative estimate of drug-likeness (QED) is 0.743. The summed E-state index contributed by atoms with van der Waals surface area (Å²) in [5, 5.41) is 3.83. The van der Waals surface area contributed by atoms with Gasteiger partial charge in [0.2, 0.25) is 0 Å². The average Bonchev–Trinajstić information content (AvgIpc) is 2.78. The van der Waals surface area contributed by atoms with Crippen molar-refractivity contribution in [2.75, 3.05) is 0 Å². The van der Waals surface area contributed by atoms with Crippen LogP contribution in [0.2, 0.25) is 0 Å². The van der Waals surface area contributed by atoms with Crippen LogP contribution in [-0.2, 0) is 13.5 Å². The third-order valence-electron chi connectivity index (χ3n) is 2.36. The van der Waals surface area contributed by atoms with E-state index in [1.807, 2.05) is 6.07 Å². The molecule has 0 spiro atoms. The number of aromatic nitrogens is 2. The molecule has 0 saturated carbocycles. The average molecular weight is 230 g/mol. The van der Waals surface area contributed by atoms with Gasteiger partial charge < -0.3 is 0 Å². The Labute approximate surface area is 102 Å². The lowest BCUT2D eigenvalue weighted by Gasteiger charge is -1.89. The van der Waals surface area contributed by atoms with Crippen molar-refractivity contribution in [3.8, 4) is 0 Å². The molecule has 0 amide bonds. The molecule has 2 aromatic rings. The topological polar surface area (TPSA) is 34.9 Å². The number of aryl methyl sites for hydroxylation is 2. The van der Waals surface area contributed by atoms with Crippen LogP contribution in [0.3, 0.4) is 0 Å². The van der Waals surface area contributed by atoms with Crippen molar-refractivity contribution < 1.29 is 4.79 Å². The largest absolute Gasteiger partial charge is 0.294 e. The van der Waals surface area contributed by atoms with Crippen molar-refractivity contribution in [3.05, 3.63) is 53.9 Å². The van der Waals surface area contributed by atoms with Crippen molar-refractivity contribution in [1.82, 2.24) is 9.78 Å². The Morgan fingerprint density at radius 2 is 1.94 bits per heavy atom. The molecule has 0 atom stereocenters. The van der Waals surface area contributed by atoms with E-state index in [4.69, 9.17) is 0 Å². The zero-order valence-corrected chi connectivity index (χ0v) is 10.6. The Morgan fingerprint density at radius 1 is 1.29 bits per heavy atom. The second kappa shape index (κ2) is 6.63. The summed E-state index contributed by atoms with van der Waals surface area (Å²) in [6.07, 6.45) is 4.39. The lowest BCUT2D eigenvalue weighted by Crippen LogP contribution is -1.88. The van der Waals surface area contributed by atoms with Crippen LogP contribution in [0.25, 0.3) is 0 Å². The summed E-state index contributed by atoms with van der Waals surface area (Å²) in [5.74, 6) is 0.0584. The van der Waals surface area contributed by atoms with E-state index in [1.165, 1.54) is 12.5 Å². The van der Waals surface area contributed by atoms with E-state index < -0.39 is 0 Å². The number of nitrogens with zero attached hydrogens (tertiary/aromatic N) is 2. The molecule has 0 fully saturated rings. The van der Waals surface area contributed by atoms with E-state index in [2.05, 4.69) is 36.3 Å². The molecule has 1 aromatic carbocycles. The van der Waals surface area contributed by atoms with E-state index in [9.17, 15) is 4.79 Å². The van der Waals surface area contributed by atoms with Gasteiger partial charge in [0.15, 0.2) is 5.78 Å². The van der Waals surface area contributed by atoms with Crippen molar-refractivity contribution >= 4 is 5.78 Å². The van der Waals surface area contributed by atoms with Crippen LogP contribution in [0, 0.1) is 0 Å². The first-order valence-electron chi connectivity index (χ1n) is 5.67. The Morgan fingerprint density at radius 3 is 2.24 bits per heavy atom. The second-order valence-corrected chi connectivity index (χ2v) is 3.80. The van der Waals surface area contributed by atoms with Gasteiger partial charge in [-0.15, -0.1) is 0 Å². The Bertz CT molecular complexity index is 460. The fourth-order valence-electron chi connectivity index (χ4n) is 1.32. The van der Waals surface area contributed by atoms with Crippen molar-refractivity contribution in [2.45, 2.75) is 20.3 Å². The van der Waals surface area contributed by atoms with Crippen LogP contribution in [-0.4, -0.2) is 15.6 Å². The summed E-state index contributed by atoms with van der Waals surface area (Å²) in [5.41, 5.74) is 2.07. The minimum Gasteiger partial charge on any atom is -0.294 e. The van der Waals surface area contributed by atoms with Crippen LogP contribution in [0.4, 0.5) is 0 Å². The number of hydrogen-bond donors (Lipinski definition) is 0. The third-order valence-corrected chi connectivity index (χ3v) is 2.36. The fourth-order valence-corrected chi connectivity index (χ4v) is 1.32. The van der Waals surface area contributed by atoms with Crippen LogP contribution in [0.5, 0.6) is 0 Å². The highest BCUT2D eigenvalue weighted by atomic mass is 16.1. The van der Waals surface area contributed by atoms with Gasteiger partial charge in [-0.1, -0.05) is 37.3 Å². The molecule has 2 rings (SSSR count). The summed E-state index contributed by atoms with van der Waals surface area (Å²) in [4.78, 5) is 10.6. The standard InChI is InChI=1S/C8H10.C6H8N2O/c1-2-8-6-4-3-5-7-8;1-5(9)6-3-7-8(2)4-6/h3-7H,2H2,1H3;3-4H,1-2H3. The maximum Gasteiger partial charge on any atom is 0.162 e. The number of carbonyl (C=O) groups excluding carboxylic acids is 1. The molecule has 0 unspecified atom stereocenters. The minimum atomic E-state index is 0.0584. The predicted molar refractivity (Wildman–Crippen MR) is 69.0 cm³/mol. The molecule has 0 radical (unpaired) electrons. The fraction of sp³-hybridized carbons (Fsp3) is 0.286. The van der Waals surface area contributed by atoms with Crippen molar-refractivity contribution in [3.63, 3.8) is 0 Å². The summed E-state index contributed by atoms with van der Waals surface area (Å²) in [6, 6.07) is 10.5. The van der Waals surface area contributed by atoms with E-state index in [1.54, 1.807) is 24.1 Å². The maximum atomic E-state index is 10.6. The molecule has 3 nitrogen and oxygen atoms in total. The summed E-state index contributed by atoms with van der Waals surface area (Å²) in [7, 11) is 1.78. The van der Waals surface area contributed by atoms with Crippen LogP contribution >= 0.6 is 0 Å². The van der Waals surface area contributed by atoms with Gasteiger partial charge in [-0.3, -0.25) is 9.48 Å². The highest BCUT2D eigenvalue weighted by Gasteiger charge is 1.98. The van der Waals surface area contributed by atoms with Gasteiger partial charge in [-0.05, 0) is 18.9 Å². The molecule has 3 heteroatoms.